The lowest BCUT2D eigenvalue weighted by Gasteiger charge is -2.25. The highest BCUT2D eigenvalue weighted by atomic mass is 32.2. The Morgan fingerprint density at radius 2 is 2.05 bits per heavy atom. The normalized spacial score (nSPS) is 12.4. The first-order valence-electron chi connectivity index (χ1n) is 6.64. The lowest BCUT2D eigenvalue weighted by atomic mass is 10.1. The van der Waals surface area contributed by atoms with E-state index in [2.05, 4.69) is 15.0 Å². The summed E-state index contributed by atoms with van der Waals surface area (Å²) in [4.78, 5) is 4.03. The molecule has 0 saturated heterocycles. The van der Waals surface area contributed by atoms with Gasteiger partial charge in [0.2, 0.25) is 10.0 Å². The number of ether oxygens (including phenoxy) is 1. The second kappa shape index (κ2) is 7.01. The lowest BCUT2D eigenvalue weighted by molar-refractivity contribution is -0.00515. The number of pyridine rings is 1. The Morgan fingerprint density at radius 1 is 1.35 bits per heavy atom. The molecule has 6 nitrogen and oxygen atoms in total. The van der Waals surface area contributed by atoms with Crippen LogP contribution in [0.25, 0.3) is 0 Å². The molecule has 1 rings (SSSR count). The third-order valence-electron chi connectivity index (χ3n) is 2.66. The monoisotopic (exact) mass is 301 g/mol. The fourth-order valence-corrected chi connectivity index (χ4v) is 3.04. The molecule has 0 aromatic carbocycles. The average Bonchev–Trinajstić information content (AvgIpc) is 2.38. The van der Waals surface area contributed by atoms with Gasteiger partial charge in [0.05, 0.1) is 11.3 Å². The number of sulfonamides is 1. The Morgan fingerprint density at radius 3 is 2.65 bits per heavy atom. The van der Waals surface area contributed by atoms with Crippen LogP contribution in [0.4, 0.5) is 5.69 Å². The first-order valence-corrected chi connectivity index (χ1v) is 8.12. The number of rotatable bonds is 8. The van der Waals surface area contributed by atoms with E-state index >= 15 is 0 Å². The second-order valence-electron chi connectivity index (χ2n) is 4.92. The summed E-state index contributed by atoms with van der Waals surface area (Å²) in [5, 5.41) is 3.01. The molecule has 7 heteroatoms. The van der Waals surface area contributed by atoms with Crippen LogP contribution >= 0.6 is 0 Å². The van der Waals surface area contributed by atoms with Crippen molar-refractivity contribution in [2.45, 2.75) is 38.2 Å². The van der Waals surface area contributed by atoms with Crippen LogP contribution in [0.5, 0.6) is 0 Å². The van der Waals surface area contributed by atoms with Crippen LogP contribution < -0.4 is 10.0 Å². The largest absolute Gasteiger partial charge is 0.384 e. The van der Waals surface area contributed by atoms with E-state index in [0.29, 0.717) is 18.8 Å². The Labute approximate surface area is 121 Å². The SMILES string of the molecule is CCNc1ccncc1S(=O)(=O)NCC(C)(C)OCC. The molecule has 0 atom stereocenters. The van der Waals surface area contributed by atoms with Gasteiger partial charge in [0, 0.05) is 32.1 Å². The maximum atomic E-state index is 12.3. The van der Waals surface area contributed by atoms with Gasteiger partial charge in [0.15, 0.2) is 0 Å². The predicted molar refractivity (Wildman–Crippen MR) is 79.3 cm³/mol. The molecule has 0 aliphatic rings. The number of anilines is 1. The molecule has 0 radical (unpaired) electrons. The van der Waals surface area contributed by atoms with Crippen LogP contribution in [0.15, 0.2) is 23.4 Å². The molecule has 1 aromatic rings. The lowest BCUT2D eigenvalue weighted by Crippen LogP contribution is -2.40. The highest BCUT2D eigenvalue weighted by molar-refractivity contribution is 7.89. The third-order valence-corrected chi connectivity index (χ3v) is 4.09. The number of nitrogens with one attached hydrogen (secondary N) is 2. The van der Waals surface area contributed by atoms with Crippen molar-refractivity contribution in [3.8, 4) is 0 Å². The van der Waals surface area contributed by atoms with E-state index in [9.17, 15) is 8.42 Å². The van der Waals surface area contributed by atoms with Crippen LogP contribution in [-0.2, 0) is 14.8 Å². The Balaban J connectivity index is 2.89. The minimum absolute atomic E-state index is 0.147. The van der Waals surface area contributed by atoms with Gasteiger partial charge in [-0.3, -0.25) is 4.98 Å². The molecular weight excluding hydrogens is 278 g/mol. The zero-order chi connectivity index (χ0) is 15.2. The van der Waals surface area contributed by atoms with Crippen molar-refractivity contribution in [2.75, 3.05) is 25.0 Å². The Hall–Kier alpha value is -1.18. The number of hydrogen-bond donors (Lipinski definition) is 2. The Bertz CT molecular complexity index is 529. The molecule has 1 heterocycles. The summed E-state index contributed by atoms with van der Waals surface area (Å²) >= 11 is 0. The third kappa shape index (κ3) is 4.73. The zero-order valence-corrected chi connectivity index (χ0v) is 13.3. The fraction of sp³-hybridized carbons (Fsp3) is 0.615. The summed E-state index contributed by atoms with van der Waals surface area (Å²) in [6.07, 6.45) is 2.90. The van der Waals surface area contributed by atoms with Gasteiger partial charge in [0.1, 0.15) is 4.90 Å². The summed E-state index contributed by atoms with van der Waals surface area (Å²) in [5.41, 5.74) is -0.00763. The van der Waals surface area contributed by atoms with Crippen molar-refractivity contribution in [1.82, 2.24) is 9.71 Å². The van der Waals surface area contributed by atoms with E-state index in [1.54, 1.807) is 12.3 Å². The molecule has 114 valence electrons. The first kappa shape index (κ1) is 16.9. The zero-order valence-electron chi connectivity index (χ0n) is 12.4. The van der Waals surface area contributed by atoms with Crippen LogP contribution in [0.1, 0.15) is 27.7 Å². The van der Waals surface area contributed by atoms with E-state index in [-0.39, 0.29) is 11.4 Å². The molecular formula is C13H23N3O3S. The van der Waals surface area contributed by atoms with Gasteiger partial charge in [-0.15, -0.1) is 0 Å². The summed E-state index contributed by atoms with van der Waals surface area (Å²) < 4.78 is 32.7. The van der Waals surface area contributed by atoms with Gasteiger partial charge >= 0.3 is 0 Å². The molecule has 0 fully saturated rings. The number of aromatic nitrogens is 1. The molecule has 20 heavy (non-hydrogen) atoms. The van der Waals surface area contributed by atoms with Crippen LogP contribution in [-0.4, -0.2) is 38.7 Å². The molecule has 0 bridgehead atoms. The predicted octanol–water partition coefficient (Wildman–Crippen LogP) is 1.61. The smallest absolute Gasteiger partial charge is 0.244 e. The van der Waals surface area contributed by atoms with Crippen LogP contribution in [0.3, 0.4) is 0 Å². The molecule has 2 N–H and O–H groups in total. The summed E-state index contributed by atoms with van der Waals surface area (Å²) in [6, 6.07) is 1.64. The molecule has 1 aromatic heterocycles. The van der Waals surface area contributed by atoms with Gasteiger partial charge in [-0.2, -0.15) is 0 Å². The first-order chi connectivity index (χ1) is 9.32. The van der Waals surface area contributed by atoms with Crippen molar-refractivity contribution in [3.05, 3.63) is 18.5 Å². The standard InChI is InChI=1S/C13H23N3O3S/c1-5-15-11-7-8-14-9-12(11)20(17,18)16-10-13(3,4)19-6-2/h7-9,16H,5-6,10H2,1-4H3,(H,14,15). The number of nitrogens with zero attached hydrogens (tertiary/aromatic N) is 1. The maximum absolute atomic E-state index is 12.3. The van der Waals surface area contributed by atoms with E-state index in [0.717, 1.165) is 0 Å². The minimum atomic E-state index is -3.62. The van der Waals surface area contributed by atoms with Crippen molar-refractivity contribution in [2.24, 2.45) is 0 Å². The van der Waals surface area contributed by atoms with E-state index in [4.69, 9.17) is 4.74 Å². The van der Waals surface area contributed by atoms with Crippen LogP contribution in [0, 0.1) is 0 Å². The molecule has 0 aliphatic heterocycles. The minimum Gasteiger partial charge on any atom is -0.384 e. The topological polar surface area (TPSA) is 80.3 Å². The molecule has 0 spiro atoms. The summed E-state index contributed by atoms with van der Waals surface area (Å²) in [7, 11) is -3.62. The highest BCUT2D eigenvalue weighted by Crippen LogP contribution is 2.19. The van der Waals surface area contributed by atoms with Crippen molar-refractivity contribution < 1.29 is 13.2 Å². The molecule has 0 amide bonds. The van der Waals surface area contributed by atoms with Crippen molar-refractivity contribution in [1.29, 1.82) is 0 Å². The fourth-order valence-electron chi connectivity index (χ4n) is 1.72. The number of hydrogen-bond acceptors (Lipinski definition) is 5. The molecule has 0 aliphatic carbocycles. The molecule has 0 unspecified atom stereocenters. The van der Waals surface area contributed by atoms with Gasteiger partial charge in [-0.05, 0) is 33.8 Å². The van der Waals surface area contributed by atoms with Crippen molar-refractivity contribution in [3.63, 3.8) is 0 Å². The van der Waals surface area contributed by atoms with Gasteiger partial charge in [-0.25, -0.2) is 13.1 Å². The average molecular weight is 301 g/mol. The quantitative estimate of drug-likeness (QED) is 0.762. The van der Waals surface area contributed by atoms with Crippen molar-refractivity contribution >= 4 is 15.7 Å². The van der Waals surface area contributed by atoms with E-state index in [1.807, 2.05) is 27.7 Å². The van der Waals surface area contributed by atoms with Crippen LogP contribution in [0.2, 0.25) is 0 Å². The maximum Gasteiger partial charge on any atom is 0.244 e. The van der Waals surface area contributed by atoms with Gasteiger partial charge in [-0.1, -0.05) is 0 Å². The summed E-state index contributed by atoms with van der Waals surface area (Å²) in [6.45, 7) is 8.83. The van der Waals surface area contributed by atoms with E-state index in [1.165, 1.54) is 6.20 Å². The second-order valence-corrected chi connectivity index (χ2v) is 6.65. The summed E-state index contributed by atoms with van der Waals surface area (Å²) in [5.74, 6) is 0. The molecule has 0 saturated carbocycles. The van der Waals surface area contributed by atoms with Gasteiger partial charge < -0.3 is 10.1 Å². The van der Waals surface area contributed by atoms with Gasteiger partial charge in [0.25, 0.3) is 0 Å². The van der Waals surface area contributed by atoms with E-state index < -0.39 is 15.6 Å². The Kier molecular flexibility index (Phi) is 5.91. The highest BCUT2D eigenvalue weighted by Gasteiger charge is 2.24.